The first kappa shape index (κ1) is 18.9. The Balaban J connectivity index is 1.62. The fourth-order valence-electron chi connectivity index (χ4n) is 4.70. The number of benzene rings is 1. The summed E-state index contributed by atoms with van der Waals surface area (Å²) < 4.78 is 6.12. The number of anilines is 1. The van der Waals surface area contributed by atoms with Crippen molar-refractivity contribution in [2.75, 3.05) is 4.90 Å². The Hall–Kier alpha value is -3.07. The molecule has 1 aromatic heterocycles. The summed E-state index contributed by atoms with van der Waals surface area (Å²) in [6.07, 6.45) is 3.78. The fraction of sp³-hybridized carbons (Fsp3) is 0.381. The second-order valence-electron chi connectivity index (χ2n) is 8.03. The van der Waals surface area contributed by atoms with E-state index in [0.29, 0.717) is 22.2 Å². The summed E-state index contributed by atoms with van der Waals surface area (Å²) in [7, 11) is 0. The first-order valence-corrected chi connectivity index (χ1v) is 10.8. The van der Waals surface area contributed by atoms with Crippen LogP contribution in [0, 0.1) is 22.0 Å². The maximum atomic E-state index is 13.6. The molecule has 3 heterocycles. The molecule has 0 spiro atoms. The Bertz CT molecular complexity index is 1060. The Labute approximate surface area is 176 Å². The molecule has 2 aliphatic heterocycles. The van der Waals surface area contributed by atoms with Crippen LogP contribution in [0.1, 0.15) is 37.8 Å². The second kappa shape index (κ2) is 7.02. The van der Waals surface area contributed by atoms with E-state index in [0.717, 1.165) is 19.3 Å². The van der Waals surface area contributed by atoms with Gasteiger partial charge in [0.2, 0.25) is 0 Å². The quantitative estimate of drug-likeness (QED) is 0.547. The van der Waals surface area contributed by atoms with Gasteiger partial charge >= 0.3 is 0 Å². The van der Waals surface area contributed by atoms with Crippen molar-refractivity contribution >= 4 is 33.8 Å². The molecule has 1 amide bonds. The summed E-state index contributed by atoms with van der Waals surface area (Å²) in [5, 5.41) is 13.3. The van der Waals surface area contributed by atoms with E-state index in [2.05, 4.69) is 11.9 Å². The number of ether oxygens (including phenoxy) is 1. The minimum absolute atomic E-state index is 0.0505. The molecule has 0 saturated heterocycles. The molecule has 5 rings (SSSR count). The Morgan fingerprint density at radius 2 is 2.00 bits per heavy atom. The van der Waals surface area contributed by atoms with E-state index in [1.165, 1.54) is 28.4 Å². The second-order valence-corrected chi connectivity index (χ2v) is 8.90. The maximum absolute atomic E-state index is 13.6. The molecule has 4 atom stereocenters. The van der Waals surface area contributed by atoms with Crippen molar-refractivity contribution in [3.8, 4) is 0 Å². The number of nitrogens with zero attached hydrogens (tertiary/aromatic N) is 3. The molecule has 1 fully saturated rings. The van der Waals surface area contributed by atoms with Crippen LogP contribution in [0.3, 0.4) is 0 Å². The van der Waals surface area contributed by atoms with Crippen LogP contribution in [-0.4, -0.2) is 27.7 Å². The molecule has 1 aromatic carbocycles. The van der Waals surface area contributed by atoms with E-state index in [9.17, 15) is 19.7 Å². The zero-order valence-corrected chi connectivity index (χ0v) is 17.0. The average molecular weight is 425 g/mol. The third-order valence-electron chi connectivity index (χ3n) is 6.15. The maximum Gasteiger partial charge on any atom is 0.296 e. The normalized spacial score (nSPS) is 28.2. The van der Waals surface area contributed by atoms with Crippen LogP contribution >= 0.6 is 11.3 Å². The van der Waals surface area contributed by atoms with Crippen LogP contribution in [-0.2, 0) is 14.3 Å². The molecule has 4 unspecified atom stereocenters. The number of carbonyl (C=O) groups is 2. The van der Waals surface area contributed by atoms with Gasteiger partial charge in [-0.1, -0.05) is 6.92 Å². The Morgan fingerprint density at radius 3 is 2.67 bits per heavy atom. The molecule has 154 valence electrons. The molecule has 1 aliphatic carbocycles. The fourth-order valence-corrected chi connectivity index (χ4v) is 5.37. The van der Waals surface area contributed by atoms with Gasteiger partial charge in [-0.05, 0) is 42.9 Å². The average Bonchev–Trinajstić information content (AvgIpc) is 3.35. The van der Waals surface area contributed by atoms with Crippen LogP contribution in [0.25, 0.3) is 0 Å². The summed E-state index contributed by atoms with van der Waals surface area (Å²) in [4.78, 5) is 43.2. The minimum atomic E-state index is -0.704. The summed E-state index contributed by atoms with van der Waals surface area (Å²) in [6.45, 7) is 2.13. The van der Waals surface area contributed by atoms with E-state index in [1.807, 2.05) is 0 Å². The van der Waals surface area contributed by atoms with Crippen molar-refractivity contribution in [2.24, 2.45) is 11.8 Å². The van der Waals surface area contributed by atoms with Crippen LogP contribution in [0.15, 0.2) is 47.2 Å². The molecular formula is C21H19N3O5S. The standard InChI is InChI=1S/C21H19N3O5S/c1-11-2-7-15-14(10-11)18(25)16-17(12-3-5-13(6-4-12)24(27)28)23(20(26)19(16)29-15)21-22-8-9-30-21/h3-6,8-9,11,14-15,17H,2,7,10H2,1H3. The molecule has 9 heteroatoms. The van der Waals surface area contributed by atoms with Gasteiger partial charge in [0.15, 0.2) is 16.7 Å². The van der Waals surface area contributed by atoms with Crippen LogP contribution in [0.2, 0.25) is 0 Å². The van der Waals surface area contributed by atoms with Gasteiger partial charge in [-0.15, -0.1) is 11.3 Å². The number of nitro benzene ring substituents is 1. The van der Waals surface area contributed by atoms with Crippen LogP contribution < -0.4 is 4.90 Å². The van der Waals surface area contributed by atoms with Crippen LogP contribution in [0.5, 0.6) is 0 Å². The SMILES string of the molecule is CC1CCC2OC3=C(C(=O)C2C1)C(c1ccc([N+](=O)[O-])cc1)N(c1nccs1)C3=O. The molecule has 3 aliphatic rings. The molecule has 0 radical (unpaired) electrons. The van der Waals surface area contributed by atoms with Gasteiger partial charge in [0.1, 0.15) is 6.10 Å². The van der Waals surface area contributed by atoms with Crippen molar-refractivity contribution in [1.29, 1.82) is 0 Å². The zero-order valence-electron chi connectivity index (χ0n) is 16.2. The van der Waals surface area contributed by atoms with Crippen molar-refractivity contribution in [3.05, 3.63) is 62.9 Å². The van der Waals surface area contributed by atoms with Crippen molar-refractivity contribution in [2.45, 2.75) is 38.3 Å². The van der Waals surface area contributed by atoms with Crippen molar-refractivity contribution in [1.82, 2.24) is 4.98 Å². The van der Waals surface area contributed by atoms with Gasteiger partial charge < -0.3 is 4.74 Å². The number of aromatic nitrogens is 1. The number of Topliss-reactive ketones (excluding diaryl/α,β-unsaturated/α-hetero) is 1. The Kier molecular flexibility index (Phi) is 4.43. The van der Waals surface area contributed by atoms with E-state index in [-0.39, 0.29) is 35.2 Å². The van der Waals surface area contributed by atoms with Gasteiger partial charge in [-0.25, -0.2) is 4.98 Å². The number of thiazole rings is 1. The number of non-ortho nitro benzene ring substituents is 1. The van der Waals surface area contributed by atoms with Gasteiger partial charge in [-0.2, -0.15) is 0 Å². The number of hydrogen-bond donors (Lipinski definition) is 0. The van der Waals surface area contributed by atoms with Crippen molar-refractivity contribution in [3.63, 3.8) is 0 Å². The number of nitro groups is 1. The van der Waals surface area contributed by atoms with Crippen molar-refractivity contribution < 1.29 is 19.2 Å². The lowest BCUT2D eigenvalue weighted by Gasteiger charge is -2.37. The van der Waals surface area contributed by atoms with Gasteiger partial charge in [0, 0.05) is 23.7 Å². The number of fused-ring (bicyclic) bond motifs is 1. The molecule has 30 heavy (non-hydrogen) atoms. The Morgan fingerprint density at radius 1 is 1.23 bits per heavy atom. The summed E-state index contributed by atoms with van der Waals surface area (Å²) in [5.74, 6) is -0.172. The lowest BCUT2D eigenvalue weighted by atomic mass is 9.74. The number of amides is 1. The lowest BCUT2D eigenvalue weighted by Crippen LogP contribution is -2.41. The van der Waals surface area contributed by atoms with E-state index in [1.54, 1.807) is 23.7 Å². The summed E-state index contributed by atoms with van der Waals surface area (Å²) >= 11 is 1.30. The van der Waals surface area contributed by atoms with Gasteiger partial charge in [-0.3, -0.25) is 24.6 Å². The lowest BCUT2D eigenvalue weighted by molar-refractivity contribution is -0.384. The molecule has 0 N–H and O–H groups in total. The number of hydrogen-bond acceptors (Lipinski definition) is 7. The molecule has 8 nitrogen and oxygen atoms in total. The highest BCUT2D eigenvalue weighted by atomic mass is 32.1. The number of carbonyl (C=O) groups excluding carboxylic acids is 2. The van der Waals surface area contributed by atoms with Gasteiger partial charge in [0.05, 0.1) is 22.5 Å². The van der Waals surface area contributed by atoms with E-state index >= 15 is 0 Å². The summed E-state index contributed by atoms with van der Waals surface area (Å²) in [6, 6.07) is 5.26. The molecular weight excluding hydrogens is 406 g/mol. The monoisotopic (exact) mass is 425 g/mol. The largest absolute Gasteiger partial charge is 0.483 e. The smallest absolute Gasteiger partial charge is 0.296 e. The minimum Gasteiger partial charge on any atom is -0.483 e. The first-order valence-electron chi connectivity index (χ1n) is 9.88. The zero-order chi connectivity index (χ0) is 21.0. The highest BCUT2D eigenvalue weighted by Crippen LogP contribution is 2.49. The van der Waals surface area contributed by atoms with E-state index in [4.69, 9.17) is 4.74 Å². The molecule has 1 saturated carbocycles. The topological polar surface area (TPSA) is 103 Å². The predicted molar refractivity (Wildman–Crippen MR) is 109 cm³/mol. The highest BCUT2D eigenvalue weighted by molar-refractivity contribution is 7.13. The highest BCUT2D eigenvalue weighted by Gasteiger charge is 2.53. The molecule has 2 aromatic rings. The van der Waals surface area contributed by atoms with Crippen LogP contribution in [0.4, 0.5) is 10.8 Å². The summed E-state index contributed by atoms with van der Waals surface area (Å²) in [5.41, 5.74) is 0.915. The third kappa shape index (κ3) is 2.84. The third-order valence-corrected chi connectivity index (χ3v) is 6.93. The van der Waals surface area contributed by atoms with Gasteiger partial charge in [0.25, 0.3) is 11.6 Å². The first-order chi connectivity index (χ1) is 14.5. The number of rotatable bonds is 3. The van der Waals surface area contributed by atoms with E-state index < -0.39 is 11.0 Å². The number of ketones is 1. The molecule has 0 bridgehead atoms. The predicted octanol–water partition coefficient (Wildman–Crippen LogP) is 3.80.